The van der Waals surface area contributed by atoms with Gasteiger partial charge < -0.3 is 31.1 Å². The second-order valence-electron chi connectivity index (χ2n) is 9.12. The third-order valence-corrected chi connectivity index (χ3v) is 7.42. The Morgan fingerprint density at radius 2 is 1.95 bits per heavy atom. The smallest absolute Gasteiger partial charge is 0.226 e. The number of carbonyl (C=O) groups is 1. The van der Waals surface area contributed by atoms with Crippen molar-refractivity contribution in [3.63, 3.8) is 0 Å². The van der Waals surface area contributed by atoms with Gasteiger partial charge in [0.1, 0.15) is 6.10 Å². The summed E-state index contributed by atoms with van der Waals surface area (Å²) in [5.74, 6) is -0.459. The van der Waals surface area contributed by atoms with Crippen molar-refractivity contribution in [1.29, 1.82) is 0 Å². The first-order valence-electron chi connectivity index (χ1n) is 12.5. The number of thioether (sulfide) groups is 1. The van der Waals surface area contributed by atoms with Crippen LogP contribution in [0.15, 0.2) is 23.4 Å². The Balaban J connectivity index is 1.54. The molecule has 1 aromatic carbocycles. The van der Waals surface area contributed by atoms with Gasteiger partial charge in [-0.15, -0.1) is 5.10 Å². The molecule has 0 radical (unpaired) electrons. The zero-order chi connectivity index (χ0) is 26.5. The van der Waals surface area contributed by atoms with E-state index in [0.29, 0.717) is 27.7 Å². The number of carbonyl (C=O) groups excluding carboxylic acids is 1. The Hall–Kier alpha value is -3.16. The third-order valence-electron chi connectivity index (χ3n) is 6.37. The summed E-state index contributed by atoms with van der Waals surface area (Å²) < 4.78 is 1.48. The highest BCUT2D eigenvalue weighted by atomic mass is 32.2. The van der Waals surface area contributed by atoms with Crippen LogP contribution in [0.1, 0.15) is 51.1 Å². The van der Waals surface area contributed by atoms with E-state index in [1.54, 1.807) is 6.07 Å². The monoisotopic (exact) mass is 531 g/mol. The summed E-state index contributed by atoms with van der Waals surface area (Å²) in [6, 6.07) is 3.53. The third kappa shape index (κ3) is 5.89. The summed E-state index contributed by atoms with van der Waals surface area (Å²) in [6.45, 7) is 4.98. The molecule has 1 aliphatic rings. The Bertz CT molecular complexity index is 1240. The van der Waals surface area contributed by atoms with Crippen molar-refractivity contribution in [1.82, 2.24) is 30.3 Å². The van der Waals surface area contributed by atoms with E-state index in [-0.39, 0.29) is 24.5 Å². The molecule has 1 amide bonds. The van der Waals surface area contributed by atoms with Crippen molar-refractivity contribution >= 4 is 34.7 Å². The molecular weight excluding hydrogens is 498 g/mol. The maximum absolute atomic E-state index is 12.9. The molecule has 37 heavy (non-hydrogen) atoms. The molecule has 2 aromatic heterocycles. The molecule has 0 bridgehead atoms. The van der Waals surface area contributed by atoms with Gasteiger partial charge in [0.25, 0.3) is 0 Å². The molecule has 0 saturated heterocycles. The van der Waals surface area contributed by atoms with Crippen molar-refractivity contribution < 1.29 is 25.2 Å². The average molecular weight is 532 g/mol. The van der Waals surface area contributed by atoms with Crippen LogP contribution < -0.4 is 10.6 Å². The first-order chi connectivity index (χ1) is 17.8. The molecule has 0 aliphatic heterocycles. The molecule has 1 fully saturated rings. The molecule has 4 atom stereocenters. The Kier molecular flexibility index (Phi) is 8.67. The standard InChI is InChI=1S/C24H33N7O5S/c1-3-5-8-25-21-18-22(28-24(27-21)37-9-4-2)31(30-29-18)15-11-14(19(34)20(15)35)23(36)26-12-13-6-7-16(32)17(33)10-13/h6-7,10,14-15,19-20,32-35H,3-5,8-9,11-12H2,1-2H3,(H,26,36)(H,25,27,28)/t14-,15+,19+,20-/m0/s1. The lowest BCUT2D eigenvalue weighted by Crippen LogP contribution is -2.38. The normalized spacial score (nSPS) is 21.4. The van der Waals surface area contributed by atoms with E-state index in [0.717, 1.165) is 31.6 Å². The number of anilines is 1. The fourth-order valence-electron chi connectivity index (χ4n) is 4.31. The zero-order valence-electron chi connectivity index (χ0n) is 20.8. The minimum absolute atomic E-state index is 0.0843. The molecule has 2 heterocycles. The molecule has 3 aromatic rings. The van der Waals surface area contributed by atoms with Crippen molar-refractivity contribution in [2.24, 2.45) is 5.92 Å². The minimum atomic E-state index is -1.31. The number of nitrogens with zero attached hydrogens (tertiary/aromatic N) is 5. The Morgan fingerprint density at radius 1 is 1.14 bits per heavy atom. The van der Waals surface area contributed by atoms with Crippen molar-refractivity contribution in [3.8, 4) is 11.5 Å². The summed E-state index contributed by atoms with van der Waals surface area (Å²) >= 11 is 1.52. The summed E-state index contributed by atoms with van der Waals surface area (Å²) in [5.41, 5.74) is 1.48. The number of amides is 1. The van der Waals surface area contributed by atoms with E-state index in [1.807, 2.05) is 0 Å². The Labute approximate surface area is 218 Å². The number of phenols is 2. The van der Waals surface area contributed by atoms with Crippen LogP contribution in [0.2, 0.25) is 0 Å². The summed E-state index contributed by atoms with van der Waals surface area (Å²) in [7, 11) is 0. The Morgan fingerprint density at radius 3 is 2.68 bits per heavy atom. The van der Waals surface area contributed by atoms with E-state index in [2.05, 4.69) is 44.8 Å². The minimum Gasteiger partial charge on any atom is -0.504 e. The van der Waals surface area contributed by atoms with E-state index in [4.69, 9.17) is 0 Å². The topological polar surface area (TPSA) is 179 Å². The van der Waals surface area contributed by atoms with Gasteiger partial charge in [0.2, 0.25) is 5.91 Å². The van der Waals surface area contributed by atoms with Crippen LogP contribution >= 0.6 is 11.8 Å². The number of aliphatic hydroxyl groups excluding tert-OH is 2. The van der Waals surface area contributed by atoms with Gasteiger partial charge in [0.05, 0.1) is 18.1 Å². The number of fused-ring (bicyclic) bond motifs is 1. The van der Waals surface area contributed by atoms with Crippen LogP contribution in [0.3, 0.4) is 0 Å². The van der Waals surface area contributed by atoms with Gasteiger partial charge in [-0.05, 0) is 37.0 Å². The molecule has 13 heteroatoms. The number of aromatic nitrogens is 5. The van der Waals surface area contributed by atoms with Crippen LogP contribution in [0.25, 0.3) is 11.2 Å². The molecule has 4 rings (SSSR count). The molecule has 1 saturated carbocycles. The van der Waals surface area contributed by atoms with Crippen molar-refractivity contribution in [2.75, 3.05) is 17.6 Å². The predicted molar refractivity (Wildman–Crippen MR) is 138 cm³/mol. The van der Waals surface area contributed by atoms with Crippen molar-refractivity contribution in [3.05, 3.63) is 23.8 Å². The SMILES string of the molecule is CCCCNc1nc(SCCC)nc2c1nnn2[C@@H]1C[C@H](C(=O)NCc2ccc(O)c(O)c2)[C@@H](O)[C@H]1O. The number of phenolic OH excluding ortho intramolecular Hbond substituents is 2. The second-order valence-corrected chi connectivity index (χ2v) is 10.2. The van der Waals surface area contributed by atoms with Gasteiger partial charge in [-0.1, -0.05) is 43.3 Å². The summed E-state index contributed by atoms with van der Waals surface area (Å²) in [4.78, 5) is 22.1. The van der Waals surface area contributed by atoms with Gasteiger partial charge in [-0.2, -0.15) is 0 Å². The molecular formula is C24H33N7O5S. The predicted octanol–water partition coefficient (Wildman–Crippen LogP) is 1.95. The number of aliphatic hydroxyl groups is 2. The van der Waals surface area contributed by atoms with Crippen molar-refractivity contribution in [2.45, 2.75) is 69.5 Å². The quantitative estimate of drug-likeness (QED) is 0.0921. The lowest BCUT2D eigenvalue weighted by molar-refractivity contribution is -0.129. The van der Waals surface area contributed by atoms with Crippen LogP contribution in [0, 0.1) is 5.92 Å². The summed E-state index contributed by atoms with van der Waals surface area (Å²) in [6.07, 6.45) is 0.510. The van der Waals surface area contributed by atoms with E-state index < -0.39 is 30.1 Å². The maximum atomic E-state index is 12.9. The number of unbranched alkanes of at least 4 members (excludes halogenated alkanes) is 1. The number of hydrogen-bond acceptors (Lipinski definition) is 11. The molecule has 12 nitrogen and oxygen atoms in total. The van der Waals surface area contributed by atoms with Gasteiger partial charge >= 0.3 is 0 Å². The van der Waals surface area contributed by atoms with Gasteiger partial charge in [-0.25, -0.2) is 14.6 Å². The van der Waals surface area contributed by atoms with Crippen LogP contribution in [0.4, 0.5) is 5.82 Å². The highest BCUT2D eigenvalue weighted by Gasteiger charge is 2.47. The number of aromatic hydroxyl groups is 2. The van der Waals surface area contributed by atoms with Gasteiger partial charge in [0.15, 0.2) is 33.6 Å². The first-order valence-corrected chi connectivity index (χ1v) is 13.5. The molecule has 200 valence electrons. The lowest BCUT2D eigenvalue weighted by atomic mass is 10.0. The zero-order valence-corrected chi connectivity index (χ0v) is 21.6. The number of hydrogen-bond donors (Lipinski definition) is 6. The molecule has 6 N–H and O–H groups in total. The highest BCUT2D eigenvalue weighted by Crippen LogP contribution is 2.37. The van der Waals surface area contributed by atoms with E-state index >= 15 is 0 Å². The maximum Gasteiger partial charge on any atom is 0.226 e. The summed E-state index contributed by atoms with van der Waals surface area (Å²) in [5, 5.41) is 55.8. The molecule has 1 aliphatic carbocycles. The van der Waals surface area contributed by atoms with E-state index in [9.17, 15) is 25.2 Å². The molecule has 0 unspecified atom stereocenters. The number of rotatable bonds is 11. The van der Waals surface area contributed by atoms with Crippen LogP contribution in [-0.4, -0.2) is 75.8 Å². The largest absolute Gasteiger partial charge is 0.504 e. The highest BCUT2D eigenvalue weighted by molar-refractivity contribution is 7.99. The van der Waals surface area contributed by atoms with Gasteiger partial charge in [-0.3, -0.25) is 4.79 Å². The fraction of sp³-hybridized carbons (Fsp3) is 0.542. The number of nitrogens with one attached hydrogen (secondary N) is 2. The molecule has 0 spiro atoms. The fourth-order valence-corrected chi connectivity index (χ4v) is 5.00. The lowest BCUT2D eigenvalue weighted by Gasteiger charge is -2.17. The van der Waals surface area contributed by atoms with E-state index in [1.165, 1.54) is 28.6 Å². The van der Waals surface area contributed by atoms with Gasteiger partial charge in [0, 0.05) is 18.8 Å². The second kappa shape index (κ2) is 11.9. The van der Waals surface area contributed by atoms with Crippen LogP contribution in [-0.2, 0) is 11.3 Å². The van der Waals surface area contributed by atoms with Crippen LogP contribution in [0.5, 0.6) is 11.5 Å². The number of benzene rings is 1. The first kappa shape index (κ1) is 26.9. The average Bonchev–Trinajstić information content (AvgIpc) is 3.44.